The molecule has 1 fully saturated rings. The summed E-state index contributed by atoms with van der Waals surface area (Å²) in [7, 11) is 0. The number of rotatable bonds is 5. The van der Waals surface area contributed by atoms with Gasteiger partial charge in [-0.05, 0) is 50.4 Å². The zero-order valence-electron chi connectivity index (χ0n) is 11.9. The molecule has 1 aromatic rings. The van der Waals surface area contributed by atoms with Crippen molar-refractivity contribution < 1.29 is 9.90 Å². The predicted octanol–water partition coefficient (Wildman–Crippen LogP) is 4.23. The molecule has 1 N–H and O–H groups in total. The zero-order valence-corrected chi connectivity index (χ0v) is 13.5. The fourth-order valence-electron chi connectivity index (χ4n) is 3.07. The van der Waals surface area contributed by atoms with Crippen LogP contribution in [-0.2, 0) is 4.79 Å². The molecule has 0 spiro atoms. The Bertz CT molecular complexity index is 446. The molecule has 2 atom stereocenters. The monoisotopic (exact) mass is 339 g/mol. The van der Waals surface area contributed by atoms with Crippen LogP contribution in [0.2, 0.25) is 0 Å². The number of aliphatic carboxylic acids is 1. The number of likely N-dealkylation sites (tertiary alicyclic amines) is 1. The van der Waals surface area contributed by atoms with E-state index in [-0.39, 0.29) is 6.42 Å². The smallest absolute Gasteiger partial charge is 0.303 e. The Morgan fingerprint density at radius 2 is 2.10 bits per heavy atom. The van der Waals surface area contributed by atoms with Crippen molar-refractivity contribution in [2.24, 2.45) is 0 Å². The molecule has 0 bridgehead atoms. The van der Waals surface area contributed by atoms with Gasteiger partial charge in [0.1, 0.15) is 0 Å². The topological polar surface area (TPSA) is 40.5 Å². The Hall–Kier alpha value is -0.870. The molecule has 2 unspecified atom stereocenters. The van der Waals surface area contributed by atoms with Crippen LogP contribution >= 0.6 is 15.9 Å². The third-order valence-corrected chi connectivity index (χ3v) is 4.74. The molecule has 3 nitrogen and oxygen atoms in total. The van der Waals surface area contributed by atoms with E-state index in [0.29, 0.717) is 12.1 Å². The molecular weight excluding hydrogens is 318 g/mol. The first-order valence-electron chi connectivity index (χ1n) is 7.31. The minimum atomic E-state index is -0.688. The van der Waals surface area contributed by atoms with Crippen molar-refractivity contribution in [1.29, 1.82) is 0 Å². The van der Waals surface area contributed by atoms with Crippen LogP contribution in [0.5, 0.6) is 0 Å². The molecule has 20 heavy (non-hydrogen) atoms. The number of carboxylic acids is 1. The fraction of sp³-hybridized carbons (Fsp3) is 0.562. The van der Waals surface area contributed by atoms with Crippen molar-refractivity contribution in [3.63, 3.8) is 0 Å². The Balaban J connectivity index is 2.06. The van der Waals surface area contributed by atoms with E-state index < -0.39 is 5.97 Å². The van der Waals surface area contributed by atoms with Crippen molar-refractivity contribution in [2.75, 3.05) is 6.54 Å². The number of carbonyl (C=O) groups is 1. The van der Waals surface area contributed by atoms with E-state index in [1.54, 1.807) is 0 Å². The highest BCUT2D eigenvalue weighted by atomic mass is 79.9. The van der Waals surface area contributed by atoms with E-state index in [9.17, 15) is 4.79 Å². The van der Waals surface area contributed by atoms with Crippen LogP contribution in [0, 0.1) is 0 Å². The van der Waals surface area contributed by atoms with Gasteiger partial charge in [0.05, 0.1) is 0 Å². The molecule has 0 amide bonds. The average Bonchev–Trinajstić information content (AvgIpc) is 2.45. The summed E-state index contributed by atoms with van der Waals surface area (Å²) in [6.07, 6.45) is 4.58. The zero-order chi connectivity index (χ0) is 14.5. The summed E-state index contributed by atoms with van der Waals surface area (Å²) in [6, 6.07) is 9.19. The van der Waals surface area contributed by atoms with Gasteiger partial charge in [-0.3, -0.25) is 9.69 Å². The number of halogens is 1. The van der Waals surface area contributed by atoms with E-state index >= 15 is 0 Å². The molecule has 0 radical (unpaired) electrons. The van der Waals surface area contributed by atoms with Gasteiger partial charge >= 0.3 is 5.97 Å². The normalized spacial score (nSPS) is 21.6. The minimum absolute atomic E-state index is 0.272. The standard InChI is InChI=1S/C16H22BrNO2/c1-12(13-5-7-14(17)8-6-13)18-11-3-2-4-15(18)9-10-16(19)20/h5-8,12,15H,2-4,9-11H2,1H3,(H,19,20). The molecule has 4 heteroatoms. The molecule has 1 aliphatic heterocycles. The molecule has 1 aliphatic rings. The number of carboxylic acid groups (broad SMARTS) is 1. The van der Waals surface area contributed by atoms with E-state index in [2.05, 4.69) is 52.0 Å². The van der Waals surface area contributed by atoms with Crippen LogP contribution in [0.3, 0.4) is 0 Å². The molecule has 110 valence electrons. The second-order valence-electron chi connectivity index (χ2n) is 5.55. The predicted molar refractivity (Wildman–Crippen MR) is 83.8 cm³/mol. The van der Waals surface area contributed by atoms with Crippen molar-refractivity contribution in [3.05, 3.63) is 34.3 Å². The van der Waals surface area contributed by atoms with E-state index in [1.165, 1.54) is 18.4 Å². The van der Waals surface area contributed by atoms with Crippen molar-refractivity contribution in [2.45, 2.75) is 51.1 Å². The fourth-order valence-corrected chi connectivity index (χ4v) is 3.33. The van der Waals surface area contributed by atoms with Gasteiger partial charge in [-0.1, -0.05) is 34.5 Å². The lowest BCUT2D eigenvalue weighted by Gasteiger charge is -2.40. The maximum atomic E-state index is 10.8. The third kappa shape index (κ3) is 4.06. The summed E-state index contributed by atoms with van der Waals surface area (Å²) in [6.45, 7) is 3.30. The molecule has 1 heterocycles. The van der Waals surface area contributed by atoms with Crippen LogP contribution < -0.4 is 0 Å². The van der Waals surface area contributed by atoms with E-state index in [0.717, 1.165) is 23.9 Å². The van der Waals surface area contributed by atoms with Gasteiger partial charge in [0.15, 0.2) is 0 Å². The molecule has 2 rings (SSSR count). The van der Waals surface area contributed by atoms with Gasteiger partial charge in [0, 0.05) is 23.0 Å². The highest BCUT2D eigenvalue weighted by Crippen LogP contribution is 2.30. The second-order valence-corrected chi connectivity index (χ2v) is 6.46. The van der Waals surface area contributed by atoms with Crippen LogP contribution in [-0.4, -0.2) is 28.6 Å². The summed E-state index contributed by atoms with van der Waals surface area (Å²) in [5, 5.41) is 8.89. The third-order valence-electron chi connectivity index (χ3n) is 4.21. The SMILES string of the molecule is CC(c1ccc(Br)cc1)N1CCCCC1CCC(=O)O. The first-order chi connectivity index (χ1) is 9.58. The second kappa shape index (κ2) is 7.23. The summed E-state index contributed by atoms with van der Waals surface area (Å²) in [5.74, 6) is -0.688. The van der Waals surface area contributed by atoms with Crippen LogP contribution in [0.4, 0.5) is 0 Å². The van der Waals surface area contributed by atoms with E-state index in [4.69, 9.17) is 5.11 Å². The number of nitrogens with zero attached hydrogens (tertiary/aromatic N) is 1. The molecule has 0 aliphatic carbocycles. The van der Waals surface area contributed by atoms with Gasteiger partial charge in [-0.15, -0.1) is 0 Å². The minimum Gasteiger partial charge on any atom is -0.481 e. The van der Waals surface area contributed by atoms with Crippen molar-refractivity contribution in [3.8, 4) is 0 Å². The van der Waals surface area contributed by atoms with Crippen LogP contribution in [0.1, 0.15) is 50.6 Å². The molecule has 0 saturated carbocycles. The van der Waals surface area contributed by atoms with E-state index in [1.807, 2.05) is 0 Å². The van der Waals surface area contributed by atoms with Gasteiger partial charge < -0.3 is 5.11 Å². The van der Waals surface area contributed by atoms with Gasteiger partial charge in [-0.25, -0.2) is 0 Å². The Labute approximate surface area is 129 Å². The molecule has 1 aromatic carbocycles. The summed E-state index contributed by atoms with van der Waals surface area (Å²) in [5.41, 5.74) is 1.30. The summed E-state index contributed by atoms with van der Waals surface area (Å²) < 4.78 is 1.09. The Kier molecular flexibility index (Phi) is 5.61. The number of benzene rings is 1. The highest BCUT2D eigenvalue weighted by Gasteiger charge is 2.27. The maximum Gasteiger partial charge on any atom is 0.303 e. The first kappa shape index (κ1) is 15.5. The largest absolute Gasteiger partial charge is 0.481 e. The molecule has 0 aromatic heterocycles. The van der Waals surface area contributed by atoms with Crippen molar-refractivity contribution >= 4 is 21.9 Å². The lowest BCUT2D eigenvalue weighted by Crippen LogP contribution is -2.41. The molecule has 1 saturated heterocycles. The number of hydrogen-bond acceptors (Lipinski definition) is 2. The Morgan fingerprint density at radius 1 is 1.40 bits per heavy atom. The first-order valence-corrected chi connectivity index (χ1v) is 8.10. The lowest BCUT2D eigenvalue weighted by atomic mass is 9.94. The molecular formula is C16H22BrNO2. The van der Waals surface area contributed by atoms with Crippen LogP contribution in [0.25, 0.3) is 0 Å². The highest BCUT2D eigenvalue weighted by molar-refractivity contribution is 9.10. The van der Waals surface area contributed by atoms with Gasteiger partial charge in [0.25, 0.3) is 0 Å². The quantitative estimate of drug-likeness (QED) is 0.872. The maximum absolute atomic E-state index is 10.8. The van der Waals surface area contributed by atoms with Gasteiger partial charge in [0.2, 0.25) is 0 Å². The summed E-state index contributed by atoms with van der Waals surface area (Å²) >= 11 is 3.46. The lowest BCUT2D eigenvalue weighted by molar-refractivity contribution is -0.137. The number of piperidine rings is 1. The number of hydrogen-bond donors (Lipinski definition) is 1. The average molecular weight is 340 g/mol. The summed E-state index contributed by atoms with van der Waals surface area (Å²) in [4.78, 5) is 13.3. The van der Waals surface area contributed by atoms with Crippen LogP contribution in [0.15, 0.2) is 28.7 Å². The van der Waals surface area contributed by atoms with Crippen molar-refractivity contribution in [1.82, 2.24) is 4.90 Å². The van der Waals surface area contributed by atoms with Gasteiger partial charge in [-0.2, -0.15) is 0 Å². The Morgan fingerprint density at radius 3 is 2.75 bits per heavy atom.